The summed E-state index contributed by atoms with van der Waals surface area (Å²) in [6, 6.07) is 26.7. The van der Waals surface area contributed by atoms with E-state index in [1.54, 1.807) is 12.1 Å². The molecule has 0 aromatic heterocycles. The number of benzene rings is 4. The van der Waals surface area contributed by atoms with Gasteiger partial charge in [0.05, 0.1) is 45.2 Å². The van der Waals surface area contributed by atoms with Crippen LogP contribution in [0.2, 0.25) is 0 Å². The largest absolute Gasteiger partial charge is 0.494 e. The molecule has 2 aliphatic heterocycles. The SMILES string of the molecule is O=C(Oc1ccc2c(c1)Cc1cc(OOCc3ccc(OCCCCCCOCC4CO4)cc3)ccc1-2)c1ccc(OCCCCCCOCC2CO2)cc1. The van der Waals surface area contributed by atoms with Crippen LogP contribution in [-0.4, -0.2) is 71.0 Å². The summed E-state index contributed by atoms with van der Waals surface area (Å²) in [5.74, 6) is 2.33. The summed E-state index contributed by atoms with van der Waals surface area (Å²) >= 11 is 0. The number of rotatable bonds is 26. The van der Waals surface area contributed by atoms with Gasteiger partial charge < -0.3 is 38.0 Å². The Morgan fingerprint density at radius 2 is 1.05 bits per heavy atom. The predicted molar refractivity (Wildman–Crippen MR) is 207 cm³/mol. The zero-order valence-electron chi connectivity index (χ0n) is 31.5. The Hall–Kier alpha value is -4.45. The molecule has 3 aliphatic rings. The first-order valence-corrected chi connectivity index (χ1v) is 19.8. The van der Waals surface area contributed by atoms with Crippen LogP contribution in [0.5, 0.6) is 23.0 Å². The zero-order chi connectivity index (χ0) is 37.5. The van der Waals surface area contributed by atoms with Gasteiger partial charge in [0, 0.05) is 13.2 Å². The van der Waals surface area contributed by atoms with Gasteiger partial charge in [0.1, 0.15) is 36.1 Å². The number of carbonyl (C=O) groups excluding carboxylic acids is 1. The maximum absolute atomic E-state index is 12.9. The van der Waals surface area contributed by atoms with Gasteiger partial charge in [0.25, 0.3) is 0 Å². The van der Waals surface area contributed by atoms with Crippen LogP contribution < -0.4 is 19.1 Å². The molecule has 10 nitrogen and oxygen atoms in total. The molecule has 292 valence electrons. The number of hydrogen-bond acceptors (Lipinski definition) is 10. The third-order valence-corrected chi connectivity index (χ3v) is 9.74. The molecule has 2 heterocycles. The van der Waals surface area contributed by atoms with Crippen LogP contribution in [0.1, 0.15) is 78.4 Å². The first kappa shape index (κ1) is 38.8. The van der Waals surface area contributed by atoms with Crippen LogP contribution in [0, 0.1) is 0 Å². The Balaban J connectivity index is 0.770. The van der Waals surface area contributed by atoms with Crippen LogP contribution in [0.3, 0.4) is 0 Å². The number of fused-ring (bicyclic) bond motifs is 3. The van der Waals surface area contributed by atoms with Gasteiger partial charge in [-0.05, 0) is 133 Å². The van der Waals surface area contributed by atoms with E-state index in [0.717, 1.165) is 124 Å². The van der Waals surface area contributed by atoms with Crippen molar-refractivity contribution in [1.82, 2.24) is 0 Å². The Bertz CT molecular complexity index is 1780. The Morgan fingerprint density at radius 1 is 0.564 bits per heavy atom. The Kier molecular flexibility index (Phi) is 14.4. The molecule has 4 aromatic rings. The Morgan fingerprint density at radius 3 is 1.62 bits per heavy atom. The van der Waals surface area contributed by atoms with E-state index in [1.165, 1.54) is 0 Å². The number of unbranched alkanes of at least 4 members (excludes halogenated alkanes) is 6. The van der Waals surface area contributed by atoms with Gasteiger partial charge in [0.15, 0.2) is 5.75 Å². The number of esters is 1. The van der Waals surface area contributed by atoms with Gasteiger partial charge in [-0.1, -0.05) is 37.1 Å². The number of ether oxygens (including phenoxy) is 7. The first-order chi connectivity index (χ1) is 27.2. The van der Waals surface area contributed by atoms with Gasteiger partial charge in [-0.3, -0.25) is 0 Å². The second-order valence-electron chi connectivity index (χ2n) is 14.3. The number of carbonyl (C=O) groups is 1. The highest BCUT2D eigenvalue weighted by molar-refractivity contribution is 5.91. The van der Waals surface area contributed by atoms with Gasteiger partial charge in [-0.2, -0.15) is 4.89 Å². The van der Waals surface area contributed by atoms with Crippen LogP contribution >= 0.6 is 0 Å². The third kappa shape index (κ3) is 12.8. The lowest BCUT2D eigenvalue weighted by molar-refractivity contribution is -0.217. The Labute approximate surface area is 323 Å². The first-order valence-electron chi connectivity index (χ1n) is 19.8. The van der Waals surface area contributed by atoms with Crippen molar-refractivity contribution in [3.05, 3.63) is 107 Å². The standard InChI is InChI=1S/C45H52O10/c46-45(34-11-15-38(16-12-34)50-24-8-4-2-6-22-48-30-42-32-52-42)54-39-17-19-43-35(26-39)25-36-27-40(18-20-44(36)43)55-53-28-33-9-13-37(14-10-33)49-23-7-3-1-5-21-47-29-41-31-51-41/h9-20,26-27,41-42H,1-8,21-25,28-32H2. The molecule has 2 atom stereocenters. The van der Waals surface area contributed by atoms with Crippen LogP contribution in [-0.2, 0) is 36.9 Å². The molecule has 0 spiro atoms. The molecule has 10 heteroatoms. The molecule has 1 aliphatic carbocycles. The fourth-order valence-electron chi connectivity index (χ4n) is 6.44. The molecule has 0 amide bonds. The molecule has 7 rings (SSSR count). The molecule has 0 saturated carbocycles. The quantitative estimate of drug-likeness (QED) is 0.0136. The van der Waals surface area contributed by atoms with Crippen LogP contribution in [0.25, 0.3) is 11.1 Å². The van der Waals surface area contributed by atoms with Crippen LogP contribution in [0.4, 0.5) is 0 Å². The van der Waals surface area contributed by atoms with Crippen molar-refractivity contribution in [3.63, 3.8) is 0 Å². The molecule has 0 N–H and O–H groups in total. The third-order valence-electron chi connectivity index (χ3n) is 9.74. The molecular formula is C45H52O10. The minimum Gasteiger partial charge on any atom is -0.494 e. The van der Waals surface area contributed by atoms with E-state index >= 15 is 0 Å². The maximum atomic E-state index is 12.9. The van der Waals surface area contributed by atoms with E-state index in [1.807, 2.05) is 72.8 Å². The monoisotopic (exact) mass is 752 g/mol. The molecule has 4 aromatic carbocycles. The molecule has 0 bridgehead atoms. The van der Waals surface area contributed by atoms with E-state index in [0.29, 0.717) is 62.1 Å². The smallest absolute Gasteiger partial charge is 0.343 e. The summed E-state index contributed by atoms with van der Waals surface area (Å²) in [5.41, 5.74) is 5.93. The summed E-state index contributed by atoms with van der Waals surface area (Å²) in [6.45, 7) is 6.37. The molecule has 0 radical (unpaired) electrons. The number of epoxide rings is 2. The summed E-state index contributed by atoms with van der Waals surface area (Å²) in [6.07, 6.45) is 9.97. The van der Waals surface area contributed by atoms with Crippen molar-refractivity contribution >= 4 is 5.97 Å². The van der Waals surface area contributed by atoms with Crippen molar-refractivity contribution in [3.8, 4) is 34.1 Å². The predicted octanol–water partition coefficient (Wildman–Crippen LogP) is 8.70. The average Bonchev–Trinajstić information content (AvgIpc) is 4.15. The van der Waals surface area contributed by atoms with Crippen molar-refractivity contribution in [2.45, 2.75) is 76.6 Å². The summed E-state index contributed by atoms with van der Waals surface area (Å²) in [4.78, 5) is 24.2. The van der Waals surface area contributed by atoms with Gasteiger partial charge >= 0.3 is 5.97 Å². The minimum absolute atomic E-state index is 0.311. The van der Waals surface area contributed by atoms with Gasteiger partial charge in [0.2, 0.25) is 0 Å². The zero-order valence-corrected chi connectivity index (χ0v) is 31.5. The average molecular weight is 753 g/mol. The van der Waals surface area contributed by atoms with Crippen molar-refractivity contribution in [2.75, 3.05) is 52.9 Å². The lowest BCUT2D eigenvalue weighted by atomic mass is 10.1. The van der Waals surface area contributed by atoms with E-state index < -0.39 is 5.97 Å². The highest BCUT2D eigenvalue weighted by Crippen LogP contribution is 2.40. The number of hydrogen-bond donors (Lipinski definition) is 0. The molecule has 2 saturated heterocycles. The van der Waals surface area contributed by atoms with Crippen LogP contribution in [0.15, 0.2) is 84.9 Å². The van der Waals surface area contributed by atoms with E-state index in [9.17, 15) is 4.79 Å². The van der Waals surface area contributed by atoms with E-state index in [4.69, 9.17) is 42.9 Å². The van der Waals surface area contributed by atoms with Crippen molar-refractivity contribution in [1.29, 1.82) is 0 Å². The highest BCUT2D eigenvalue weighted by Gasteiger charge is 2.23. The lowest BCUT2D eigenvalue weighted by Gasteiger charge is -2.09. The normalized spacial score (nSPS) is 16.3. The molecule has 55 heavy (non-hydrogen) atoms. The van der Waals surface area contributed by atoms with Gasteiger partial charge in [-0.25, -0.2) is 4.79 Å². The second-order valence-corrected chi connectivity index (χ2v) is 14.3. The van der Waals surface area contributed by atoms with Gasteiger partial charge in [-0.15, -0.1) is 0 Å². The molecule has 2 unspecified atom stereocenters. The van der Waals surface area contributed by atoms with Crippen molar-refractivity contribution < 1.29 is 47.7 Å². The van der Waals surface area contributed by atoms with Crippen molar-refractivity contribution in [2.24, 2.45) is 0 Å². The highest BCUT2D eigenvalue weighted by atomic mass is 17.2. The summed E-state index contributed by atoms with van der Waals surface area (Å²) < 4.78 is 39.0. The van der Waals surface area contributed by atoms with E-state index in [2.05, 4.69) is 0 Å². The molecule has 2 fully saturated rings. The second kappa shape index (κ2) is 20.5. The van der Waals surface area contributed by atoms with E-state index in [-0.39, 0.29) is 0 Å². The molecular weight excluding hydrogens is 700 g/mol. The lowest BCUT2D eigenvalue weighted by Crippen LogP contribution is -2.08. The maximum Gasteiger partial charge on any atom is 0.343 e. The fraction of sp³-hybridized carbons (Fsp3) is 0.444. The summed E-state index contributed by atoms with van der Waals surface area (Å²) in [7, 11) is 0. The fourth-order valence-corrected chi connectivity index (χ4v) is 6.44. The summed E-state index contributed by atoms with van der Waals surface area (Å²) in [5, 5.41) is 0. The topological polar surface area (TPSA) is 107 Å². The minimum atomic E-state index is -0.407.